The Morgan fingerprint density at radius 1 is 1.22 bits per heavy atom. The van der Waals surface area contributed by atoms with Gasteiger partial charge in [0.25, 0.3) is 0 Å². The van der Waals surface area contributed by atoms with Crippen LogP contribution in [0, 0.1) is 0 Å². The summed E-state index contributed by atoms with van der Waals surface area (Å²) in [6.45, 7) is 8.14. The van der Waals surface area contributed by atoms with E-state index in [0.29, 0.717) is 0 Å². The maximum atomic E-state index is 3.18. The Bertz CT molecular complexity index is 78.9. The van der Waals surface area contributed by atoms with Gasteiger partial charge in [-0.15, -0.1) is 0 Å². The Hall–Kier alpha value is -0.660. The number of allylic oxidation sites excluding steroid dienone is 1. The van der Waals surface area contributed by atoms with Crippen molar-refractivity contribution in [2.24, 2.45) is 0 Å². The van der Waals surface area contributed by atoms with Gasteiger partial charge < -0.3 is 10.6 Å². The van der Waals surface area contributed by atoms with E-state index in [1.807, 2.05) is 13.0 Å². The summed E-state index contributed by atoms with van der Waals surface area (Å²) >= 11 is 0. The first-order chi connectivity index (χ1) is 4.35. The molecule has 0 saturated heterocycles. The molecule has 0 unspecified atom stereocenters. The van der Waals surface area contributed by atoms with Crippen LogP contribution in [-0.4, -0.2) is 13.1 Å². The molecular weight excluding hydrogens is 112 g/mol. The predicted molar refractivity (Wildman–Crippen MR) is 41.1 cm³/mol. The van der Waals surface area contributed by atoms with Crippen LogP contribution in [0.15, 0.2) is 11.9 Å². The third-order valence-electron chi connectivity index (χ3n) is 1.02. The van der Waals surface area contributed by atoms with Gasteiger partial charge in [0.15, 0.2) is 0 Å². The second-order valence-electron chi connectivity index (χ2n) is 1.76. The summed E-state index contributed by atoms with van der Waals surface area (Å²) in [6.07, 6.45) is 2.03. The van der Waals surface area contributed by atoms with Crippen molar-refractivity contribution in [3.63, 3.8) is 0 Å². The fraction of sp³-hybridized carbons (Fsp3) is 0.714. The summed E-state index contributed by atoms with van der Waals surface area (Å²) in [4.78, 5) is 0. The molecule has 0 spiro atoms. The highest BCUT2D eigenvalue weighted by molar-refractivity contribution is 4.93. The lowest BCUT2D eigenvalue weighted by atomic mass is 10.5. The summed E-state index contributed by atoms with van der Waals surface area (Å²) in [5, 5.41) is 6.37. The average Bonchev–Trinajstić information content (AvgIpc) is 1.88. The van der Waals surface area contributed by atoms with Gasteiger partial charge in [0.2, 0.25) is 0 Å². The standard InChI is InChI=1S/C7H16N2/c1-4-7(8-5-2)9-6-3/h4,8-9H,5-6H2,1-3H3. The van der Waals surface area contributed by atoms with Crippen LogP contribution in [0.2, 0.25) is 0 Å². The van der Waals surface area contributed by atoms with Crippen LogP contribution in [0.25, 0.3) is 0 Å². The molecule has 0 rings (SSSR count). The van der Waals surface area contributed by atoms with E-state index >= 15 is 0 Å². The lowest BCUT2D eigenvalue weighted by molar-refractivity contribution is 0.719. The first kappa shape index (κ1) is 8.34. The first-order valence-corrected chi connectivity index (χ1v) is 3.49. The van der Waals surface area contributed by atoms with Gasteiger partial charge in [-0.25, -0.2) is 0 Å². The molecule has 0 aromatic rings. The van der Waals surface area contributed by atoms with Crippen LogP contribution < -0.4 is 10.6 Å². The quantitative estimate of drug-likeness (QED) is 0.591. The molecule has 0 aromatic carbocycles. The van der Waals surface area contributed by atoms with Gasteiger partial charge in [-0.05, 0) is 26.8 Å². The second kappa shape index (κ2) is 5.48. The minimum atomic E-state index is 0.979. The Morgan fingerprint density at radius 3 is 1.89 bits per heavy atom. The highest BCUT2D eigenvalue weighted by Crippen LogP contribution is 1.79. The molecule has 9 heavy (non-hydrogen) atoms. The van der Waals surface area contributed by atoms with Gasteiger partial charge in [0.05, 0.1) is 5.82 Å². The van der Waals surface area contributed by atoms with Gasteiger partial charge >= 0.3 is 0 Å². The Morgan fingerprint density at radius 2 is 1.67 bits per heavy atom. The molecule has 0 aliphatic carbocycles. The topological polar surface area (TPSA) is 24.1 Å². The molecule has 2 N–H and O–H groups in total. The van der Waals surface area contributed by atoms with E-state index in [4.69, 9.17) is 0 Å². The molecule has 0 aliphatic rings. The molecule has 0 bridgehead atoms. The van der Waals surface area contributed by atoms with Gasteiger partial charge in [-0.1, -0.05) is 0 Å². The smallest absolute Gasteiger partial charge is 0.0942 e. The van der Waals surface area contributed by atoms with E-state index in [1.54, 1.807) is 0 Å². The highest BCUT2D eigenvalue weighted by atomic mass is 15.1. The maximum Gasteiger partial charge on any atom is 0.0942 e. The molecule has 0 aliphatic heterocycles. The van der Waals surface area contributed by atoms with E-state index in [9.17, 15) is 0 Å². The van der Waals surface area contributed by atoms with Crippen molar-refractivity contribution in [1.82, 2.24) is 10.6 Å². The SMILES string of the molecule is CC=C(NCC)NCC. The van der Waals surface area contributed by atoms with E-state index in [-0.39, 0.29) is 0 Å². The molecule has 0 atom stereocenters. The third kappa shape index (κ3) is 3.88. The van der Waals surface area contributed by atoms with Crippen molar-refractivity contribution < 1.29 is 0 Å². The van der Waals surface area contributed by atoms with Gasteiger partial charge in [0.1, 0.15) is 0 Å². The Balaban J connectivity index is 3.43. The molecule has 0 saturated carbocycles. The first-order valence-electron chi connectivity index (χ1n) is 3.49. The molecule has 0 aromatic heterocycles. The van der Waals surface area contributed by atoms with Crippen LogP contribution in [0.4, 0.5) is 0 Å². The third-order valence-corrected chi connectivity index (χ3v) is 1.02. The van der Waals surface area contributed by atoms with Crippen molar-refractivity contribution >= 4 is 0 Å². The molecule has 2 nitrogen and oxygen atoms in total. The minimum Gasteiger partial charge on any atom is -0.372 e. The van der Waals surface area contributed by atoms with Crippen molar-refractivity contribution in [1.29, 1.82) is 0 Å². The number of nitrogens with one attached hydrogen (secondary N) is 2. The average molecular weight is 128 g/mol. The summed E-state index contributed by atoms with van der Waals surface area (Å²) in [5.41, 5.74) is 0. The van der Waals surface area contributed by atoms with Crippen molar-refractivity contribution in [2.45, 2.75) is 20.8 Å². The van der Waals surface area contributed by atoms with E-state index < -0.39 is 0 Å². The summed E-state index contributed by atoms with van der Waals surface area (Å²) in [5.74, 6) is 1.12. The zero-order valence-electron chi connectivity index (χ0n) is 6.49. The fourth-order valence-electron chi connectivity index (χ4n) is 0.648. The molecule has 54 valence electrons. The van der Waals surface area contributed by atoms with Gasteiger partial charge in [-0.3, -0.25) is 0 Å². The largest absolute Gasteiger partial charge is 0.372 e. The van der Waals surface area contributed by atoms with E-state index in [2.05, 4.69) is 24.5 Å². The zero-order valence-corrected chi connectivity index (χ0v) is 6.49. The van der Waals surface area contributed by atoms with E-state index in [0.717, 1.165) is 18.9 Å². The number of hydrogen-bond acceptors (Lipinski definition) is 2. The normalized spacial score (nSPS) is 8.33. The van der Waals surface area contributed by atoms with Crippen LogP contribution in [0.5, 0.6) is 0 Å². The highest BCUT2D eigenvalue weighted by Gasteiger charge is 1.85. The molecule has 2 heteroatoms. The number of rotatable bonds is 4. The fourth-order valence-corrected chi connectivity index (χ4v) is 0.648. The predicted octanol–water partition coefficient (Wildman–Crippen LogP) is 1.07. The van der Waals surface area contributed by atoms with E-state index in [1.165, 1.54) is 0 Å². The lowest BCUT2D eigenvalue weighted by Crippen LogP contribution is -2.25. The summed E-state index contributed by atoms with van der Waals surface area (Å²) in [6, 6.07) is 0. The van der Waals surface area contributed by atoms with Crippen molar-refractivity contribution in [2.75, 3.05) is 13.1 Å². The minimum absolute atomic E-state index is 0.979. The lowest BCUT2D eigenvalue weighted by Gasteiger charge is -2.08. The van der Waals surface area contributed by atoms with Crippen LogP contribution in [0.1, 0.15) is 20.8 Å². The van der Waals surface area contributed by atoms with Crippen LogP contribution in [-0.2, 0) is 0 Å². The molecular formula is C7H16N2. The van der Waals surface area contributed by atoms with Crippen molar-refractivity contribution in [3.05, 3.63) is 11.9 Å². The monoisotopic (exact) mass is 128 g/mol. The molecule has 0 heterocycles. The summed E-state index contributed by atoms with van der Waals surface area (Å²) in [7, 11) is 0. The van der Waals surface area contributed by atoms with Gasteiger partial charge in [-0.2, -0.15) is 0 Å². The summed E-state index contributed by atoms with van der Waals surface area (Å²) < 4.78 is 0. The zero-order chi connectivity index (χ0) is 7.11. The Labute approximate surface area is 57.3 Å². The molecule has 0 radical (unpaired) electrons. The number of hydrogen-bond donors (Lipinski definition) is 2. The molecule has 0 amide bonds. The maximum absolute atomic E-state index is 3.18. The van der Waals surface area contributed by atoms with Crippen LogP contribution >= 0.6 is 0 Å². The second-order valence-corrected chi connectivity index (χ2v) is 1.76. The molecule has 0 fully saturated rings. The van der Waals surface area contributed by atoms with Crippen LogP contribution in [0.3, 0.4) is 0 Å². The van der Waals surface area contributed by atoms with Crippen molar-refractivity contribution in [3.8, 4) is 0 Å². The van der Waals surface area contributed by atoms with Gasteiger partial charge in [0, 0.05) is 13.1 Å². The Kier molecular flexibility index (Phi) is 5.07.